The Labute approximate surface area is 110 Å². The smallest absolute Gasteiger partial charge is 0.0209 e. The molecule has 0 heterocycles. The van der Waals surface area contributed by atoms with Crippen molar-refractivity contribution < 1.29 is 0 Å². The van der Waals surface area contributed by atoms with Crippen molar-refractivity contribution in [2.24, 2.45) is 0 Å². The van der Waals surface area contributed by atoms with E-state index in [2.05, 4.69) is 60.7 Å². The maximum Gasteiger partial charge on any atom is 0.0209 e. The molecule has 0 spiro atoms. The number of benzene rings is 2. The second-order valence-electron chi connectivity index (χ2n) is 5.29. The summed E-state index contributed by atoms with van der Waals surface area (Å²) in [6.45, 7) is 0. The molecule has 0 saturated heterocycles. The highest BCUT2D eigenvalue weighted by atomic mass is 14.4. The molecule has 0 atom stereocenters. The molecule has 1 radical (unpaired) electrons. The fourth-order valence-electron chi connectivity index (χ4n) is 3.32. The Bertz CT molecular complexity index is 436. The van der Waals surface area contributed by atoms with Gasteiger partial charge in [0.2, 0.25) is 0 Å². The zero-order chi connectivity index (χ0) is 12.3. The molecule has 0 unspecified atom stereocenters. The molecule has 0 nitrogen and oxygen atoms in total. The highest BCUT2D eigenvalue weighted by Gasteiger charge is 2.35. The molecule has 2 aromatic rings. The Morgan fingerprint density at radius 1 is 0.778 bits per heavy atom. The van der Waals surface area contributed by atoms with Crippen LogP contribution in [0.3, 0.4) is 0 Å². The van der Waals surface area contributed by atoms with Crippen molar-refractivity contribution in [3.05, 3.63) is 71.8 Å². The maximum atomic E-state index is 3.48. The van der Waals surface area contributed by atoms with Crippen molar-refractivity contribution in [3.63, 3.8) is 0 Å². The molecule has 0 N–H and O–H groups in total. The van der Waals surface area contributed by atoms with Gasteiger partial charge < -0.3 is 0 Å². The van der Waals surface area contributed by atoms with Gasteiger partial charge in [-0.2, -0.15) is 0 Å². The first-order valence-corrected chi connectivity index (χ1v) is 6.95. The standard InChI is InChI=1S/C18H19/c1-4-10-16(11-5-1)18(14-8-3-9-15-18)17-12-6-2-7-13-17/h1-2,4-7,10-12H,3,8-9,14-15H2. The first-order chi connectivity index (χ1) is 8.92. The third-order valence-electron chi connectivity index (χ3n) is 4.26. The zero-order valence-electron chi connectivity index (χ0n) is 10.7. The van der Waals surface area contributed by atoms with Crippen LogP contribution in [0.15, 0.2) is 54.6 Å². The van der Waals surface area contributed by atoms with E-state index in [0.717, 1.165) is 0 Å². The molecule has 91 valence electrons. The summed E-state index contributed by atoms with van der Waals surface area (Å²) < 4.78 is 0. The van der Waals surface area contributed by atoms with Crippen LogP contribution < -0.4 is 0 Å². The van der Waals surface area contributed by atoms with Crippen molar-refractivity contribution in [2.75, 3.05) is 0 Å². The molecule has 18 heavy (non-hydrogen) atoms. The van der Waals surface area contributed by atoms with E-state index in [4.69, 9.17) is 0 Å². The van der Waals surface area contributed by atoms with Crippen LogP contribution in [-0.4, -0.2) is 0 Å². The molecule has 3 rings (SSSR count). The van der Waals surface area contributed by atoms with Crippen LogP contribution in [0.1, 0.15) is 43.2 Å². The summed E-state index contributed by atoms with van der Waals surface area (Å²) in [5.41, 5.74) is 3.05. The van der Waals surface area contributed by atoms with E-state index in [1.54, 1.807) is 0 Å². The topological polar surface area (TPSA) is 0 Å². The van der Waals surface area contributed by atoms with Gasteiger partial charge in [0.15, 0.2) is 0 Å². The molecule has 0 heteroatoms. The molecule has 1 aliphatic carbocycles. The van der Waals surface area contributed by atoms with Gasteiger partial charge in [0.1, 0.15) is 0 Å². The molecule has 0 aliphatic heterocycles. The summed E-state index contributed by atoms with van der Waals surface area (Å²) in [4.78, 5) is 0. The Balaban J connectivity index is 2.10. The normalized spacial score (nSPS) is 18.4. The Hall–Kier alpha value is -1.56. The van der Waals surface area contributed by atoms with Gasteiger partial charge in [-0.3, -0.25) is 0 Å². The third kappa shape index (κ3) is 1.96. The molecule has 0 amide bonds. The Morgan fingerprint density at radius 3 is 2.17 bits per heavy atom. The van der Waals surface area contributed by atoms with Gasteiger partial charge in [-0.1, -0.05) is 73.9 Å². The van der Waals surface area contributed by atoms with Gasteiger partial charge in [0.25, 0.3) is 0 Å². The van der Waals surface area contributed by atoms with E-state index in [9.17, 15) is 0 Å². The first kappa shape index (κ1) is 11.5. The fraction of sp³-hybridized carbons (Fsp3) is 0.333. The molecular formula is C18H19. The molecule has 1 aliphatic rings. The lowest BCUT2D eigenvalue weighted by molar-refractivity contribution is 0.345. The van der Waals surface area contributed by atoms with Crippen LogP contribution in [0, 0.1) is 6.07 Å². The van der Waals surface area contributed by atoms with Crippen molar-refractivity contribution in [3.8, 4) is 0 Å². The largest absolute Gasteiger partial charge is 0.0622 e. The van der Waals surface area contributed by atoms with Crippen LogP contribution in [0.25, 0.3) is 0 Å². The highest BCUT2D eigenvalue weighted by Crippen LogP contribution is 2.44. The lowest BCUT2D eigenvalue weighted by Gasteiger charge is -2.38. The van der Waals surface area contributed by atoms with Crippen LogP contribution in [-0.2, 0) is 5.41 Å². The van der Waals surface area contributed by atoms with Crippen molar-refractivity contribution in [2.45, 2.75) is 37.5 Å². The number of hydrogen-bond acceptors (Lipinski definition) is 0. The van der Waals surface area contributed by atoms with Gasteiger partial charge in [-0.15, -0.1) is 0 Å². The second kappa shape index (κ2) is 4.97. The van der Waals surface area contributed by atoms with E-state index in [0.29, 0.717) is 0 Å². The predicted molar refractivity (Wildman–Crippen MR) is 75.6 cm³/mol. The van der Waals surface area contributed by atoms with Crippen molar-refractivity contribution >= 4 is 0 Å². The molecular weight excluding hydrogens is 216 g/mol. The number of hydrogen-bond donors (Lipinski definition) is 0. The summed E-state index contributed by atoms with van der Waals surface area (Å²) in [5.74, 6) is 0. The van der Waals surface area contributed by atoms with Gasteiger partial charge in [0, 0.05) is 5.41 Å². The fourth-order valence-corrected chi connectivity index (χ4v) is 3.32. The minimum absolute atomic E-state index is 0.209. The molecule has 1 saturated carbocycles. The SMILES string of the molecule is [c]1ccccc1C1(c2ccccc2)CCCCC1. The van der Waals surface area contributed by atoms with Crippen LogP contribution in [0.2, 0.25) is 0 Å². The monoisotopic (exact) mass is 235 g/mol. The van der Waals surface area contributed by atoms with Crippen molar-refractivity contribution in [1.29, 1.82) is 0 Å². The molecule has 0 bridgehead atoms. The zero-order valence-corrected chi connectivity index (χ0v) is 10.7. The molecule has 1 fully saturated rings. The molecule has 0 aromatic heterocycles. The van der Waals surface area contributed by atoms with Crippen LogP contribution >= 0.6 is 0 Å². The Kier molecular flexibility index (Phi) is 3.19. The van der Waals surface area contributed by atoms with E-state index >= 15 is 0 Å². The van der Waals surface area contributed by atoms with Crippen LogP contribution in [0.4, 0.5) is 0 Å². The first-order valence-electron chi connectivity index (χ1n) is 6.95. The van der Waals surface area contributed by atoms with E-state index in [1.165, 1.54) is 43.2 Å². The summed E-state index contributed by atoms with van der Waals surface area (Å²) >= 11 is 0. The van der Waals surface area contributed by atoms with Crippen LogP contribution in [0.5, 0.6) is 0 Å². The summed E-state index contributed by atoms with van der Waals surface area (Å²) in [5, 5.41) is 0. The summed E-state index contributed by atoms with van der Waals surface area (Å²) in [6.07, 6.45) is 6.56. The average Bonchev–Trinajstić information content (AvgIpc) is 2.50. The summed E-state index contributed by atoms with van der Waals surface area (Å²) in [6, 6.07) is 23.0. The van der Waals surface area contributed by atoms with E-state index in [1.807, 2.05) is 0 Å². The van der Waals surface area contributed by atoms with Crippen molar-refractivity contribution in [1.82, 2.24) is 0 Å². The third-order valence-corrected chi connectivity index (χ3v) is 4.26. The molecule has 2 aromatic carbocycles. The maximum absolute atomic E-state index is 3.48. The van der Waals surface area contributed by atoms with Gasteiger partial charge in [-0.25, -0.2) is 0 Å². The summed E-state index contributed by atoms with van der Waals surface area (Å²) in [7, 11) is 0. The predicted octanol–water partition coefficient (Wildman–Crippen LogP) is 4.74. The van der Waals surface area contributed by atoms with Gasteiger partial charge >= 0.3 is 0 Å². The van der Waals surface area contributed by atoms with E-state index in [-0.39, 0.29) is 5.41 Å². The van der Waals surface area contributed by atoms with E-state index < -0.39 is 0 Å². The lowest BCUT2D eigenvalue weighted by Crippen LogP contribution is -2.30. The highest BCUT2D eigenvalue weighted by molar-refractivity contribution is 5.39. The Morgan fingerprint density at radius 2 is 1.50 bits per heavy atom. The van der Waals surface area contributed by atoms with Gasteiger partial charge in [0.05, 0.1) is 0 Å². The second-order valence-corrected chi connectivity index (χ2v) is 5.29. The minimum atomic E-state index is 0.209. The van der Waals surface area contributed by atoms with Gasteiger partial charge in [-0.05, 0) is 30.0 Å². The minimum Gasteiger partial charge on any atom is -0.0622 e. The number of rotatable bonds is 2. The quantitative estimate of drug-likeness (QED) is 0.705. The average molecular weight is 235 g/mol. The lowest BCUT2D eigenvalue weighted by atomic mass is 9.65.